The number of hydrogen-bond acceptors (Lipinski definition) is 10. The third-order valence-corrected chi connectivity index (χ3v) is 10.1. The molecule has 0 aliphatic carbocycles. The van der Waals surface area contributed by atoms with Crippen LogP contribution in [-0.2, 0) is 37.5 Å². The van der Waals surface area contributed by atoms with E-state index in [-0.39, 0.29) is 25.2 Å². The highest BCUT2D eigenvalue weighted by Crippen LogP contribution is 2.43. The number of esters is 2. The topological polar surface area (TPSA) is 166 Å². The number of phosphoric ester groups is 1. The molecule has 0 aliphatic rings. The van der Waals surface area contributed by atoms with Crippen molar-refractivity contribution in [3.63, 3.8) is 0 Å². The number of rotatable bonds is 40. The highest BCUT2D eigenvalue weighted by molar-refractivity contribution is 7.47. The molecular weight excluding hydrogens is 747 g/mol. The normalized spacial score (nSPS) is 14.3. The number of aliphatic hydroxyl groups is 2. The molecule has 3 atom stereocenters. The zero-order valence-electron chi connectivity index (χ0n) is 35.7. The van der Waals surface area contributed by atoms with Crippen molar-refractivity contribution in [2.45, 2.75) is 187 Å². The summed E-state index contributed by atoms with van der Waals surface area (Å²) < 4.78 is 32.6. The Kier molecular flexibility index (Phi) is 37.4. The smallest absolute Gasteiger partial charge is 0.462 e. The third-order valence-electron chi connectivity index (χ3n) is 9.14. The lowest BCUT2D eigenvalue weighted by Crippen LogP contribution is -2.29. The SMILES string of the molecule is CCCCCC(=O)/C=C/C=C\C/C=C\C/C=C\CCCC(=O)O[C@H](COC(=O)CCCCCCCCCCCCCCCC(C)C)COP(=O)(O)OC[C@@H](O)CO. The van der Waals surface area contributed by atoms with Gasteiger partial charge in [-0.25, -0.2) is 4.57 Å². The van der Waals surface area contributed by atoms with Gasteiger partial charge in [-0.05, 0) is 50.5 Å². The van der Waals surface area contributed by atoms with Crippen molar-refractivity contribution in [1.82, 2.24) is 0 Å². The summed E-state index contributed by atoms with van der Waals surface area (Å²) in [4.78, 5) is 46.7. The van der Waals surface area contributed by atoms with Gasteiger partial charge >= 0.3 is 19.8 Å². The van der Waals surface area contributed by atoms with E-state index in [0.29, 0.717) is 25.7 Å². The molecule has 0 bridgehead atoms. The summed E-state index contributed by atoms with van der Waals surface area (Å²) in [5, 5.41) is 18.3. The molecular formula is C45H79O11P. The van der Waals surface area contributed by atoms with Crippen LogP contribution in [-0.4, -0.2) is 71.5 Å². The van der Waals surface area contributed by atoms with Crippen LogP contribution in [0.25, 0.3) is 0 Å². The highest BCUT2D eigenvalue weighted by Gasteiger charge is 2.27. The molecule has 57 heavy (non-hydrogen) atoms. The van der Waals surface area contributed by atoms with Gasteiger partial charge in [-0.15, -0.1) is 0 Å². The van der Waals surface area contributed by atoms with Gasteiger partial charge in [0.05, 0.1) is 19.8 Å². The molecule has 1 unspecified atom stereocenters. The molecule has 11 nitrogen and oxygen atoms in total. The fraction of sp³-hybridized carbons (Fsp3) is 0.756. The van der Waals surface area contributed by atoms with Crippen LogP contribution in [0.4, 0.5) is 0 Å². The first-order valence-corrected chi connectivity index (χ1v) is 23.4. The van der Waals surface area contributed by atoms with E-state index >= 15 is 0 Å². The van der Waals surface area contributed by atoms with Gasteiger partial charge < -0.3 is 24.6 Å². The van der Waals surface area contributed by atoms with Crippen molar-refractivity contribution in [1.29, 1.82) is 0 Å². The molecule has 3 N–H and O–H groups in total. The summed E-state index contributed by atoms with van der Waals surface area (Å²) in [6.45, 7) is 4.46. The van der Waals surface area contributed by atoms with E-state index in [1.54, 1.807) is 12.2 Å². The molecule has 330 valence electrons. The molecule has 0 saturated heterocycles. The van der Waals surface area contributed by atoms with E-state index in [1.165, 1.54) is 64.2 Å². The number of phosphoric acid groups is 1. The number of ketones is 1. The van der Waals surface area contributed by atoms with Crippen molar-refractivity contribution < 1.29 is 52.6 Å². The van der Waals surface area contributed by atoms with Crippen LogP contribution in [0.1, 0.15) is 175 Å². The number of unbranched alkanes of at least 4 members (excludes halogenated alkanes) is 15. The van der Waals surface area contributed by atoms with Gasteiger partial charge in [0.1, 0.15) is 12.7 Å². The van der Waals surface area contributed by atoms with Crippen LogP contribution in [0.5, 0.6) is 0 Å². The fourth-order valence-corrected chi connectivity index (χ4v) is 6.50. The van der Waals surface area contributed by atoms with Gasteiger partial charge in [-0.2, -0.15) is 0 Å². The minimum atomic E-state index is -4.65. The Morgan fingerprint density at radius 3 is 1.79 bits per heavy atom. The zero-order chi connectivity index (χ0) is 42.2. The van der Waals surface area contributed by atoms with Crippen LogP contribution in [0.15, 0.2) is 48.6 Å². The molecule has 0 aromatic rings. The molecule has 0 spiro atoms. The molecule has 12 heteroatoms. The van der Waals surface area contributed by atoms with Crippen LogP contribution >= 0.6 is 7.82 Å². The van der Waals surface area contributed by atoms with E-state index in [0.717, 1.165) is 57.3 Å². The van der Waals surface area contributed by atoms with Crippen molar-refractivity contribution in [2.75, 3.05) is 26.4 Å². The van der Waals surface area contributed by atoms with Gasteiger partial charge in [-0.1, -0.05) is 160 Å². The molecule has 0 rings (SSSR count). The fourth-order valence-electron chi connectivity index (χ4n) is 5.71. The molecule has 0 radical (unpaired) electrons. The molecule has 0 aromatic heterocycles. The Labute approximate surface area is 345 Å². The second-order valence-electron chi connectivity index (χ2n) is 15.2. The Balaban J connectivity index is 4.42. The monoisotopic (exact) mass is 827 g/mol. The molecule has 0 heterocycles. The van der Waals surface area contributed by atoms with Gasteiger partial charge in [-0.3, -0.25) is 23.4 Å². The Hall–Kier alpha value is -2.40. The van der Waals surface area contributed by atoms with E-state index in [1.807, 2.05) is 36.5 Å². The first-order chi connectivity index (χ1) is 27.5. The van der Waals surface area contributed by atoms with Crippen LogP contribution < -0.4 is 0 Å². The second-order valence-corrected chi connectivity index (χ2v) is 16.7. The maximum Gasteiger partial charge on any atom is 0.472 e. The maximum atomic E-state index is 12.6. The summed E-state index contributed by atoms with van der Waals surface area (Å²) in [6.07, 6.45) is 36.4. The molecule has 0 aromatic carbocycles. The highest BCUT2D eigenvalue weighted by atomic mass is 31.2. The van der Waals surface area contributed by atoms with E-state index in [9.17, 15) is 28.9 Å². The Morgan fingerprint density at radius 2 is 1.18 bits per heavy atom. The number of aliphatic hydroxyl groups excluding tert-OH is 2. The average molecular weight is 827 g/mol. The second kappa shape index (κ2) is 39.1. The number of allylic oxidation sites excluding steroid dienone is 8. The Bertz CT molecular complexity index is 1160. The summed E-state index contributed by atoms with van der Waals surface area (Å²) in [5.74, 6) is -0.0575. The van der Waals surface area contributed by atoms with Crippen molar-refractivity contribution >= 4 is 25.5 Å². The first-order valence-electron chi connectivity index (χ1n) is 21.9. The lowest BCUT2D eigenvalue weighted by molar-refractivity contribution is -0.161. The standard InChI is InChI=1S/C45H79O11P/c1-4-5-26-32-41(47)33-28-23-19-15-11-9-13-17-21-25-30-35-45(50)56-43(39-55-57(51,52)54-37-42(48)36-46)38-53-44(49)34-29-24-20-16-12-8-6-7-10-14-18-22-27-31-40(2)3/h9,11,17,19,21,23,28,33,40,42-43,46,48H,4-8,10,12-16,18,20,22,24-27,29-32,34-39H2,1-3H3,(H,51,52)/b11-9-,21-17-,23-19-,33-28+/t42-,43+/m0/s1. The number of carbonyl (C=O) groups is 3. The summed E-state index contributed by atoms with van der Waals surface area (Å²) in [7, 11) is -4.65. The summed E-state index contributed by atoms with van der Waals surface area (Å²) in [6, 6.07) is 0. The molecule has 0 aliphatic heterocycles. The predicted molar refractivity (Wildman–Crippen MR) is 229 cm³/mol. The largest absolute Gasteiger partial charge is 0.472 e. The molecule has 0 saturated carbocycles. The summed E-state index contributed by atoms with van der Waals surface area (Å²) in [5.41, 5.74) is 0. The van der Waals surface area contributed by atoms with Gasteiger partial charge in [0.25, 0.3) is 0 Å². The van der Waals surface area contributed by atoms with E-state index < -0.39 is 51.8 Å². The van der Waals surface area contributed by atoms with Gasteiger partial charge in [0.15, 0.2) is 11.9 Å². The van der Waals surface area contributed by atoms with Crippen LogP contribution in [0, 0.1) is 5.92 Å². The number of carbonyl (C=O) groups excluding carboxylic acids is 3. The van der Waals surface area contributed by atoms with Crippen molar-refractivity contribution in [3.8, 4) is 0 Å². The molecule has 0 amide bonds. The van der Waals surface area contributed by atoms with Crippen LogP contribution in [0.3, 0.4) is 0 Å². The predicted octanol–water partition coefficient (Wildman–Crippen LogP) is 10.8. The summed E-state index contributed by atoms with van der Waals surface area (Å²) >= 11 is 0. The third kappa shape index (κ3) is 40.2. The van der Waals surface area contributed by atoms with Gasteiger partial charge in [0.2, 0.25) is 0 Å². The number of ether oxygens (including phenoxy) is 2. The quantitative estimate of drug-likeness (QED) is 0.0134. The van der Waals surface area contributed by atoms with E-state index in [4.69, 9.17) is 19.1 Å². The lowest BCUT2D eigenvalue weighted by Gasteiger charge is -2.20. The zero-order valence-corrected chi connectivity index (χ0v) is 36.6. The maximum absolute atomic E-state index is 12.6. The number of hydrogen-bond donors (Lipinski definition) is 3. The Morgan fingerprint density at radius 1 is 0.632 bits per heavy atom. The first kappa shape index (κ1) is 54.6. The minimum absolute atomic E-state index is 0.0819. The minimum Gasteiger partial charge on any atom is -0.462 e. The average Bonchev–Trinajstić information content (AvgIpc) is 3.18. The van der Waals surface area contributed by atoms with Crippen LogP contribution in [0.2, 0.25) is 0 Å². The van der Waals surface area contributed by atoms with Crippen molar-refractivity contribution in [3.05, 3.63) is 48.6 Å². The lowest BCUT2D eigenvalue weighted by atomic mass is 10.0. The van der Waals surface area contributed by atoms with E-state index in [2.05, 4.69) is 25.3 Å². The molecule has 0 fully saturated rings. The van der Waals surface area contributed by atoms with Gasteiger partial charge in [0, 0.05) is 19.3 Å². The van der Waals surface area contributed by atoms with Crippen molar-refractivity contribution in [2.24, 2.45) is 5.92 Å².